The standard InChI is InChI=1S/C25H26NO2/c1-24(2)16-21(25(3,4)26(24)27)17-28-23-15-20-11-6-5-9-18(20)13-14-19-10-7-8-12-22(19)23/h5-12,16,23H,15,17H2,1-4H3. The highest BCUT2D eigenvalue weighted by molar-refractivity contribution is 5.52. The zero-order valence-corrected chi connectivity index (χ0v) is 17.0. The number of nitrogens with zero attached hydrogens (tertiary/aromatic N) is 1. The molecule has 143 valence electrons. The first-order valence-electron chi connectivity index (χ1n) is 9.79. The van der Waals surface area contributed by atoms with Gasteiger partial charge in [-0.2, -0.15) is 0 Å². The van der Waals surface area contributed by atoms with Gasteiger partial charge in [-0.15, -0.1) is 10.3 Å². The molecule has 2 aliphatic rings. The first-order chi connectivity index (χ1) is 13.3. The number of rotatable bonds is 3. The Hall–Kier alpha value is -2.38. The zero-order valence-electron chi connectivity index (χ0n) is 17.0. The number of ether oxygens (including phenoxy) is 1. The molecule has 4 rings (SSSR count). The van der Waals surface area contributed by atoms with Crippen LogP contribution in [0.15, 0.2) is 60.2 Å². The topological polar surface area (TPSA) is 32.4 Å². The van der Waals surface area contributed by atoms with Gasteiger partial charge in [-0.3, -0.25) is 0 Å². The zero-order chi connectivity index (χ0) is 19.9. The predicted octanol–water partition coefficient (Wildman–Crippen LogP) is 4.84. The lowest BCUT2D eigenvalue weighted by Gasteiger charge is -2.34. The van der Waals surface area contributed by atoms with E-state index in [0.29, 0.717) is 6.61 Å². The SMILES string of the molecule is CC1(C)C=C(COC2Cc3ccccc3C#Cc3ccccc32)C(C)(C)N1[O]. The molecule has 28 heavy (non-hydrogen) atoms. The molecule has 0 saturated carbocycles. The van der Waals surface area contributed by atoms with Crippen LogP contribution in [-0.4, -0.2) is 22.7 Å². The van der Waals surface area contributed by atoms with E-state index in [1.807, 2.05) is 58.0 Å². The molecule has 0 aromatic heterocycles. The van der Waals surface area contributed by atoms with E-state index in [1.54, 1.807) is 0 Å². The molecule has 1 aliphatic heterocycles. The molecular formula is C25H26NO2. The minimum atomic E-state index is -0.567. The van der Waals surface area contributed by atoms with Crippen LogP contribution in [-0.2, 0) is 16.4 Å². The van der Waals surface area contributed by atoms with Gasteiger partial charge in [-0.05, 0) is 56.5 Å². The van der Waals surface area contributed by atoms with Crippen molar-refractivity contribution in [2.75, 3.05) is 6.61 Å². The Kier molecular flexibility index (Phi) is 4.67. The van der Waals surface area contributed by atoms with E-state index in [4.69, 9.17) is 4.74 Å². The van der Waals surface area contributed by atoms with E-state index in [9.17, 15) is 5.21 Å². The van der Waals surface area contributed by atoms with Gasteiger partial charge in [0.2, 0.25) is 0 Å². The highest BCUT2D eigenvalue weighted by atomic mass is 16.5. The molecule has 0 saturated heterocycles. The van der Waals surface area contributed by atoms with E-state index in [1.165, 1.54) is 10.6 Å². The minimum Gasteiger partial charge on any atom is -0.369 e. The van der Waals surface area contributed by atoms with E-state index in [0.717, 1.165) is 28.7 Å². The molecule has 1 aliphatic carbocycles. The van der Waals surface area contributed by atoms with Crippen LogP contribution in [0, 0.1) is 11.8 Å². The van der Waals surface area contributed by atoms with Crippen LogP contribution in [0.4, 0.5) is 0 Å². The summed E-state index contributed by atoms with van der Waals surface area (Å²) in [6.45, 7) is 8.27. The molecule has 1 heterocycles. The van der Waals surface area contributed by atoms with Gasteiger partial charge in [0.05, 0.1) is 23.8 Å². The summed E-state index contributed by atoms with van der Waals surface area (Å²) in [6.07, 6.45) is 2.72. The van der Waals surface area contributed by atoms with Crippen LogP contribution in [0.2, 0.25) is 0 Å². The summed E-state index contributed by atoms with van der Waals surface area (Å²) in [5.74, 6) is 6.62. The Morgan fingerprint density at radius 3 is 2.36 bits per heavy atom. The van der Waals surface area contributed by atoms with Crippen LogP contribution in [0.3, 0.4) is 0 Å². The van der Waals surface area contributed by atoms with E-state index < -0.39 is 11.1 Å². The molecule has 1 atom stereocenters. The maximum atomic E-state index is 12.7. The Balaban J connectivity index is 1.66. The number of hydrogen-bond donors (Lipinski definition) is 0. The van der Waals surface area contributed by atoms with Gasteiger partial charge in [-0.1, -0.05) is 54.3 Å². The van der Waals surface area contributed by atoms with Crippen molar-refractivity contribution in [2.45, 2.75) is 51.3 Å². The second kappa shape index (κ2) is 6.90. The Morgan fingerprint density at radius 1 is 1.00 bits per heavy atom. The van der Waals surface area contributed by atoms with Crippen molar-refractivity contribution in [2.24, 2.45) is 0 Å². The van der Waals surface area contributed by atoms with E-state index >= 15 is 0 Å². The maximum absolute atomic E-state index is 12.7. The normalized spacial score (nSPS) is 22.2. The summed E-state index contributed by atoms with van der Waals surface area (Å²) in [6, 6.07) is 16.4. The average Bonchev–Trinajstić information content (AvgIpc) is 2.82. The summed E-state index contributed by atoms with van der Waals surface area (Å²) < 4.78 is 6.46. The third-order valence-corrected chi connectivity index (χ3v) is 5.85. The summed E-state index contributed by atoms with van der Waals surface area (Å²) in [5.41, 5.74) is 4.32. The second-order valence-corrected chi connectivity index (χ2v) is 8.67. The quantitative estimate of drug-likeness (QED) is 0.570. The highest BCUT2D eigenvalue weighted by Crippen LogP contribution is 2.39. The van der Waals surface area contributed by atoms with Crippen LogP contribution < -0.4 is 0 Å². The first kappa shape index (κ1) is 19.0. The molecule has 0 N–H and O–H groups in total. The summed E-state index contributed by atoms with van der Waals surface area (Å²) in [7, 11) is 0. The molecule has 2 aromatic rings. The van der Waals surface area contributed by atoms with Crippen molar-refractivity contribution in [3.63, 3.8) is 0 Å². The first-order valence-corrected chi connectivity index (χ1v) is 9.79. The van der Waals surface area contributed by atoms with Crippen molar-refractivity contribution >= 4 is 0 Å². The lowest BCUT2D eigenvalue weighted by Crippen LogP contribution is -2.47. The van der Waals surface area contributed by atoms with Crippen LogP contribution in [0.5, 0.6) is 0 Å². The van der Waals surface area contributed by atoms with Gasteiger partial charge in [0.1, 0.15) is 0 Å². The van der Waals surface area contributed by atoms with Crippen LogP contribution >= 0.6 is 0 Å². The maximum Gasteiger partial charge on any atom is 0.0882 e. The van der Waals surface area contributed by atoms with Crippen molar-refractivity contribution in [3.8, 4) is 11.8 Å². The second-order valence-electron chi connectivity index (χ2n) is 8.67. The monoisotopic (exact) mass is 372 g/mol. The molecule has 1 radical (unpaired) electrons. The molecule has 3 heteroatoms. The smallest absolute Gasteiger partial charge is 0.0882 e. The number of benzene rings is 2. The number of hydroxylamine groups is 2. The molecule has 0 bridgehead atoms. The fourth-order valence-corrected chi connectivity index (χ4v) is 4.23. The third-order valence-electron chi connectivity index (χ3n) is 5.85. The van der Waals surface area contributed by atoms with Crippen molar-refractivity contribution in [3.05, 3.63) is 82.4 Å². The number of fused-ring (bicyclic) bond motifs is 2. The van der Waals surface area contributed by atoms with Gasteiger partial charge >= 0.3 is 0 Å². The lowest BCUT2D eigenvalue weighted by molar-refractivity contribution is -0.239. The van der Waals surface area contributed by atoms with Gasteiger partial charge < -0.3 is 4.74 Å². The molecular weight excluding hydrogens is 346 g/mol. The highest BCUT2D eigenvalue weighted by Gasteiger charge is 2.46. The third kappa shape index (κ3) is 3.29. The van der Waals surface area contributed by atoms with Crippen molar-refractivity contribution in [1.82, 2.24) is 5.06 Å². The van der Waals surface area contributed by atoms with Crippen molar-refractivity contribution in [1.29, 1.82) is 0 Å². The van der Waals surface area contributed by atoms with Crippen molar-refractivity contribution < 1.29 is 9.94 Å². The largest absolute Gasteiger partial charge is 0.369 e. The average molecular weight is 372 g/mol. The van der Waals surface area contributed by atoms with Crippen LogP contribution in [0.1, 0.15) is 56.1 Å². The minimum absolute atomic E-state index is 0.104. The Morgan fingerprint density at radius 2 is 1.64 bits per heavy atom. The molecule has 0 amide bonds. The number of hydrogen-bond acceptors (Lipinski definition) is 2. The fourth-order valence-electron chi connectivity index (χ4n) is 4.23. The van der Waals surface area contributed by atoms with E-state index in [-0.39, 0.29) is 6.10 Å². The summed E-state index contributed by atoms with van der Waals surface area (Å²) in [5, 5.41) is 13.8. The molecule has 2 aromatic carbocycles. The molecule has 0 fully saturated rings. The summed E-state index contributed by atoms with van der Waals surface area (Å²) in [4.78, 5) is 0. The van der Waals surface area contributed by atoms with Gasteiger partial charge in [-0.25, -0.2) is 0 Å². The van der Waals surface area contributed by atoms with Gasteiger partial charge in [0.25, 0.3) is 0 Å². The molecule has 0 spiro atoms. The Bertz CT molecular complexity index is 991. The summed E-state index contributed by atoms with van der Waals surface area (Å²) >= 11 is 0. The molecule has 1 unspecified atom stereocenters. The Labute approximate surface area is 167 Å². The fraction of sp³-hybridized carbons (Fsp3) is 0.360. The lowest BCUT2D eigenvalue weighted by atomic mass is 9.92. The van der Waals surface area contributed by atoms with Crippen LogP contribution in [0.25, 0.3) is 0 Å². The van der Waals surface area contributed by atoms with Gasteiger partial charge in [0, 0.05) is 17.5 Å². The van der Waals surface area contributed by atoms with E-state index in [2.05, 4.69) is 36.1 Å². The predicted molar refractivity (Wildman–Crippen MR) is 110 cm³/mol. The molecule has 3 nitrogen and oxygen atoms in total. The van der Waals surface area contributed by atoms with Gasteiger partial charge in [0.15, 0.2) is 0 Å².